The Hall–Kier alpha value is -2.56. The van der Waals surface area contributed by atoms with Crippen LogP contribution in [0.3, 0.4) is 0 Å². The second kappa shape index (κ2) is 10.6. The Morgan fingerprint density at radius 3 is 2.03 bits per heavy atom. The summed E-state index contributed by atoms with van der Waals surface area (Å²) in [5, 5.41) is 6.63. The molecule has 0 saturated heterocycles. The zero-order valence-corrected chi connectivity index (χ0v) is 21.1. The van der Waals surface area contributed by atoms with Crippen LogP contribution in [-0.2, 0) is 4.74 Å². The highest BCUT2D eigenvalue weighted by atomic mass is 32.1. The molecule has 0 fully saturated rings. The van der Waals surface area contributed by atoms with E-state index in [2.05, 4.69) is 34.9 Å². The van der Waals surface area contributed by atoms with E-state index >= 15 is 0 Å². The minimum atomic E-state index is -1.07. The molecule has 3 rings (SSSR count). The highest BCUT2D eigenvalue weighted by Gasteiger charge is 2.18. The fourth-order valence-corrected chi connectivity index (χ4v) is 5.06. The predicted molar refractivity (Wildman–Crippen MR) is 128 cm³/mol. The Balaban J connectivity index is 0.000000316. The van der Waals surface area contributed by atoms with Crippen molar-refractivity contribution in [2.75, 3.05) is 5.32 Å². The standard InChI is InChI=1S/C15H16N2O4S.C6H11NSSi/c1-15(2,3)21-14(19)17-10-4-6-11(7-5-10)20-13(18)12-16-8-9-22-12;1-9(2,3)6-7-4-5-8-6/h4-9H,1-3H3,(H,17,19);4-5H,1-3H3. The Kier molecular flexibility index (Phi) is 8.49. The van der Waals surface area contributed by atoms with Crippen molar-refractivity contribution in [3.05, 3.63) is 52.4 Å². The third-order valence-electron chi connectivity index (χ3n) is 3.39. The molecule has 7 nitrogen and oxygen atoms in total. The molecule has 1 amide bonds. The second-order valence-corrected chi connectivity index (χ2v) is 15.6. The van der Waals surface area contributed by atoms with Crippen molar-refractivity contribution in [1.82, 2.24) is 9.97 Å². The second-order valence-electron chi connectivity index (χ2n) is 8.47. The summed E-state index contributed by atoms with van der Waals surface area (Å²) in [7, 11) is -1.07. The summed E-state index contributed by atoms with van der Waals surface area (Å²) < 4.78 is 11.7. The van der Waals surface area contributed by atoms with Crippen molar-refractivity contribution in [3.63, 3.8) is 0 Å². The maximum atomic E-state index is 11.7. The van der Waals surface area contributed by atoms with Gasteiger partial charge in [0, 0.05) is 28.8 Å². The molecule has 0 unspecified atom stereocenters. The van der Waals surface area contributed by atoms with Crippen LogP contribution >= 0.6 is 22.7 Å². The number of hydrogen-bond donors (Lipinski definition) is 1. The molecule has 10 heteroatoms. The summed E-state index contributed by atoms with van der Waals surface area (Å²) in [6.07, 6.45) is 2.88. The van der Waals surface area contributed by atoms with Crippen LogP contribution in [0.5, 0.6) is 5.75 Å². The van der Waals surface area contributed by atoms with Gasteiger partial charge >= 0.3 is 12.1 Å². The molecular formula is C21H27N3O4S2Si. The number of benzene rings is 1. The summed E-state index contributed by atoms with van der Waals surface area (Å²) in [5.41, 5.74) is -0.0175. The van der Waals surface area contributed by atoms with Gasteiger partial charge in [-0.2, -0.15) is 0 Å². The average Bonchev–Trinajstić information content (AvgIpc) is 3.36. The number of esters is 1. The number of nitrogens with zero attached hydrogens (tertiary/aromatic N) is 2. The number of hydrogen-bond acceptors (Lipinski definition) is 8. The zero-order valence-electron chi connectivity index (χ0n) is 18.5. The largest absolute Gasteiger partial charge is 0.444 e. The fourth-order valence-electron chi connectivity index (χ4n) is 2.10. The summed E-state index contributed by atoms with van der Waals surface area (Å²) in [5.74, 6) is -0.141. The van der Waals surface area contributed by atoms with E-state index in [0.717, 1.165) is 0 Å². The molecule has 0 bridgehead atoms. The summed E-state index contributed by atoms with van der Waals surface area (Å²) in [6, 6.07) is 6.40. The van der Waals surface area contributed by atoms with Gasteiger partial charge in [0.05, 0.1) is 4.63 Å². The SMILES string of the molecule is CC(C)(C)OC(=O)Nc1ccc(OC(=O)c2nccs2)cc1.C[Si](C)(C)c1nccs1. The van der Waals surface area contributed by atoms with E-state index in [4.69, 9.17) is 9.47 Å². The number of anilines is 1. The van der Waals surface area contributed by atoms with Crippen LogP contribution in [-0.4, -0.2) is 35.7 Å². The third kappa shape index (κ3) is 8.99. The molecule has 0 atom stereocenters. The van der Waals surface area contributed by atoms with E-state index in [1.54, 1.807) is 61.8 Å². The van der Waals surface area contributed by atoms with Gasteiger partial charge in [-0.05, 0) is 45.0 Å². The van der Waals surface area contributed by atoms with Gasteiger partial charge in [-0.15, -0.1) is 22.7 Å². The van der Waals surface area contributed by atoms with E-state index < -0.39 is 25.7 Å². The van der Waals surface area contributed by atoms with E-state index in [1.807, 2.05) is 11.6 Å². The van der Waals surface area contributed by atoms with Crippen molar-refractivity contribution >= 4 is 53.1 Å². The summed E-state index contributed by atoms with van der Waals surface area (Å²) in [4.78, 5) is 31.5. The van der Waals surface area contributed by atoms with Crippen LogP contribution < -0.4 is 14.7 Å². The lowest BCUT2D eigenvalue weighted by Gasteiger charge is -2.19. The van der Waals surface area contributed by atoms with Gasteiger partial charge in [-0.1, -0.05) is 19.6 Å². The van der Waals surface area contributed by atoms with Crippen LogP contribution in [0.15, 0.2) is 47.4 Å². The van der Waals surface area contributed by atoms with E-state index in [9.17, 15) is 9.59 Å². The first-order valence-corrected chi connectivity index (χ1v) is 14.8. The smallest absolute Gasteiger partial charge is 0.412 e. The fraction of sp³-hybridized carbons (Fsp3) is 0.333. The molecule has 166 valence electrons. The molecule has 2 aromatic heterocycles. The van der Waals surface area contributed by atoms with Gasteiger partial charge in [0.1, 0.15) is 19.4 Å². The quantitative estimate of drug-likeness (QED) is 0.307. The number of rotatable bonds is 4. The lowest BCUT2D eigenvalue weighted by molar-refractivity contribution is 0.0634. The summed E-state index contributed by atoms with van der Waals surface area (Å²) >= 11 is 2.99. The predicted octanol–water partition coefficient (Wildman–Crippen LogP) is 5.40. The minimum Gasteiger partial charge on any atom is -0.444 e. The van der Waals surface area contributed by atoms with Crippen molar-refractivity contribution in [3.8, 4) is 5.75 Å². The van der Waals surface area contributed by atoms with Crippen molar-refractivity contribution in [2.45, 2.75) is 46.0 Å². The molecule has 0 saturated carbocycles. The Morgan fingerprint density at radius 2 is 1.58 bits per heavy atom. The van der Waals surface area contributed by atoms with Gasteiger partial charge < -0.3 is 9.47 Å². The molecular weight excluding hydrogens is 450 g/mol. The van der Waals surface area contributed by atoms with Crippen LogP contribution in [0.4, 0.5) is 10.5 Å². The number of carbonyl (C=O) groups is 2. The molecule has 0 radical (unpaired) electrons. The minimum absolute atomic E-state index is 0.288. The Labute approximate surface area is 191 Å². The first kappa shape index (κ1) is 24.7. The zero-order chi connectivity index (χ0) is 23.1. The van der Waals surface area contributed by atoms with Gasteiger partial charge in [0.25, 0.3) is 0 Å². The van der Waals surface area contributed by atoms with Gasteiger partial charge in [-0.3, -0.25) is 10.3 Å². The molecule has 0 aliphatic heterocycles. The first-order valence-electron chi connectivity index (χ1n) is 9.56. The van der Waals surface area contributed by atoms with Crippen LogP contribution in [0.25, 0.3) is 0 Å². The maximum absolute atomic E-state index is 11.7. The van der Waals surface area contributed by atoms with Gasteiger partial charge in [0.15, 0.2) is 0 Å². The van der Waals surface area contributed by atoms with Crippen molar-refractivity contribution < 1.29 is 19.1 Å². The number of ether oxygens (including phenoxy) is 2. The molecule has 0 spiro atoms. The normalized spacial score (nSPS) is 11.2. The Morgan fingerprint density at radius 1 is 0.968 bits per heavy atom. The lowest BCUT2D eigenvalue weighted by Crippen LogP contribution is -2.36. The highest BCUT2D eigenvalue weighted by Crippen LogP contribution is 2.18. The van der Waals surface area contributed by atoms with Crippen molar-refractivity contribution in [2.24, 2.45) is 0 Å². The average molecular weight is 478 g/mol. The molecule has 0 aliphatic rings. The highest BCUT2D eigenvalue weighted by molar-refractivity contribution is 7.24. The van der Waals surface area contributed by atoms with Gasteiger partial charge in [-0.25, -0.2) is 14.6 Å². The molecule has 31 heavy (non-hydrogen) atoms. The lowest BCUT2D eigenvalue weighted by atomic mass is 10.2. The van der Waals surface area contributed by atoms with Crippen LogP contribution in [0.2, 0.25) is 19.6 Å². The van der Waals surface area contributed by atoms with Gasteiger partial charge in [0.2, 0.25) is 5.01 Å². The number of amides is 1. The molecule has 0 aliphatic carbocycles. The maximum Gasteiger partial charge on any atom is 0.412 e. The number of carbonyl (C=O) groups excluding carboxylic acids is 2. The molecule has 2 heterocycles. The van der Waals surface area contributed by atoms with E-state index in [-0.39, 0.29) is 5.01 Å². The molecule has 1 aromatic carbocycles. The number of nitrogens with one attached hydrogen (secondary N) is 1. The van der Waals surface area contributed by atoms with E-state index in [0.29, 0.717) is 11.4 Å². The first-order chi connectivity index (χ1) is 14.4. The Bertz CT molecular complexity index is 962. The monoisotopic (exact) mass is 477 g/mol. The van der Waals surface area contributed by atoms with Crippen LogP contribution in [0.1, 0.15) is 30.6 Å². The molecule has 3 aromatic rings. The third-order valence-corrected chi connectivity index (χ3v) is 8.33. The summed E-state index contributed by atoms with van der Waals surface area (Å²) in [6.45, 7) is 12.3. The van der Waals surface area contributed by atoms with Crippen LogP contribution in [0, 0.1) is 0 Å². The van der Waals surface area contributed by atoms with Crippen molar-refractivity contribution in [1.29, 1.82) is 0 Å². The molecule has 1 N–H and O–H groups in total. The topological polar surface area (TPSA) is 90.4 Å². The van der Waals surface area contributed by atoms with E-state index in [1.165, 1.54) is 22.2 Å². The number of aromatic nitrogens is 2. The number of thiazole rings is 2.